The molecule has 5 rings (SSSR count). The molecule has 1 aliphatic rings. The van der Waals surface area contributed by atoms with Crippen molar-refractivity contribution < 1.29 is 33.2 Å². The molecule has 1 fully saturated rings. The van der Waals surface area contributed by atoms with Crippen molar-refractivity contribution in [1.82, 2.24) is 0 Å². The molecule has 1 aliphatic heterocycles. The molecule has 1 N–H and O–H groups in total. The zero-order valence-electron chi connectivity index (χ0n) is 25.3. The van der Waals surface area contributed by atoms with Crippen LogP contribution < -0.4 is 0 Å². The highest BCUT2D eigenvalue weighted by Crippen LogP contribution is 2.35. The van der Waals surface area contributed by atoms with Gasteiger partial charge in [-0.1, -0.05) is 156 Å². The molecule has 0 bridgehead atoms. The van der Waals surface area contributed by atoms with Gasteiger partial charge in [-0.15, -0.1) is 0 Å². The molecule has 1 heterocycles. The number of alkyl halides is 3. The number of rotatable bonds is 13. The zero-order valence-corrected chi connectivity index (χ0v) is 27.5. The molecule has 0 amide bonds. The minimum Gasteiger partial charge on any atom is -0.459 e. The van der Waals surface area contributed by atoms with Crippen molar-refractivity contribution in [3.63, 3.8) is 0 Å². The first-order valence-corrected chi connectivity index (χ1v) is 16.1. The molecule has 11 heteroatoms. The molecule has 1 saturated heterocycles. The van der Waals surface area contributed by atoms with Crippen LogP contribution in [0.2, 0.25) is 0 Å². The standard InChI is InChI=1S/C36H34Cl3NO7/c37-36(38,39)35(40)47-34-32(44-23-27-17-9-3-10-18-27)30(43-22-26-15-7-2-8-16-26)29(42-21-25-13-5-1-6-14-25)31(46-34)33(41)45-24-28-19-11-4-12-20-28/h1-20,29-32,34,40H,21-24H2/t29-,30+,31?,32?,34+/m0/s1. The Kier molecular flexibility index (Phi) is 12.7. The fraction of sp³-hybridized carbons (Fsp3) is 0.278. The molecule has 0 spiro atoms. The Hall–Kier alpha value is -3.47. The second kappa shape index (κ2) is 17.1. The maximum absolute atomic E-state index is 13.8. The highest BCUT2D eigenvalue weighted by molar-refractivity contribution is 6.76. The molecule has 0 aromatic heterocycles. The number of hydrogen-bond acceptors (Lipinski definition) is 8. The predicted octanol–water partition coefficient (Wildman–Crippen LogP) is 7.57. The maximum atomic E-state index is 13.8. The van der Waals surface area contributed by atoms with Gasteiger partial charge in [-0.05, 0) is 22.3 Å². The fourth-order valence-corrected chi connectivity index (χ4v) is 5.07. The normalized spacial score (nSPS) is 21.1. The van der Waals surface area contributed by atoms with Crippen LogP contribution in [0.1, 0.15) is 22.3 Å². The number of carbonyl (C=O) groups is 1. The van der Waals surface area contributed by atoms with Crippen LogP contribution in [-0.2, 0) is 59.6 Å². The second-order valence-electron chi connectivity index (χ2n) is 10.7. The summed E-state index contributed by atoms with van der Waals surface area (Å²) >= 11 is 18.0. The van der Waals surface area contributed by atoms with Crippen LogP contribution in [0, 0.1) is 5.41 Å². The Bertz CT molecular complexity index is 1540. The number of ether oxygens (including phenoxy) is 6. The molecule has 4 aromatic carbocycles. The number of hydrogen-bond donors (Lipinski definition) is 1. The SMILES string of the molecule is N=C(O[C@H]1OC(C(=O)OCc2ccccc2)[C@@H](OCc2ccccc2)[C@@H](OCc2ccccc2)C1OCc1ccccc1)C(Cl)(Cl)Cl. The van der Waals surface area contributed by atoms with Crippen LogP contribution in [0.3, 0.4) is 0 Å². The van der Waals surface area contributed by atoms with Gasteiger partial charge in [0.25, 0.3) is 3.79 Å². The zero-order chi connectivity index (χ0) is 33.1. The molecular weight excluding hydrogens is 665 g/mol. The quantitative estimate of drug-likeness (QED) is 0.0666. The Balaban J connectivity index is 1.50. The molecule has 0 radical (unpaired) electrons. The predicted molar refractivity (Wildman–Crippen MR) is 179 cm³/mol. The van der Waals surface area contributed by atoms with Crippen LogP contribution in [-0.4, -0.2) is 46.4 Å². The third kappa shape index (κ3) is 10.3. The molecule has 8 nitrogen and oxygen atoms in total. The minimum atomic E-state index is -2.21. The van der Waals surface area contributed by atoms with Gasteiger partial charge in [0.15, 0.2) is 6.10 Å². The maximum Gasteiger partial charge on any atom is 0.338 e. The number of carbonyl (C=O) groups excluding carboxylic acids is 1. The van der Waals surface area contributed by atoms with Crippen molar-refractivity contribution in [3.05, 3.63) is 144 Å². The van der Waals surface area contributed by atoms with E-state index in [9.17, 15) is 4.79 Å². The smallest absolute Gasteiger partial charge is 0.338 e. The molecule has 0 saturated carbocycles. The van der Waals surface area contributed by atoms with Crippen molar-refractivity contribution in [3.8, 4) is 0 Å². The topological polar surface area (TPSA) is 96.3 Å². The molecular formula is C36H34Cl3NO7. The van der Waals surface area contributed by atoms with Crippen LogP contribution in [0.25, 0.3) is 0 Å². The summed E-state index contributed by atoms with van der Waals surface area (Å²) in [5.41, 5.74) is 3.38. The van der Waals surface area contributed by atoms with Gasteiger partial charge >= 0.3 is 5.97 Å². The van der Waals surface area contributed by atoms with E-state index in [0.29, 0.717) is 0 Å². The molecule has 47 heavy (non-hydrogen) atoms. The summed E-state index contributed by atoms with van der Waals surface area (Å²) in [6.45, 7) is 0.380. The van der Waals surface area contributed by atoms with E-state index in [1.807, 2.05) is 121 Å². The summed E-state index contributed by atoms with van der Waals surface area (Å²) in [6.07, 6.45) is -5.85. The highest BCUT2D eigenvalue weighted by Gasteiger charge is 2.53. The lowest BCUT2D eigenvalue weighted by Gasteiger charge is -2.45. The van der Waals surface area contributed by atoms with E-state index in [1.165, 1.54) is 0 Å². The van der Waals surface area contributed by atoms with Crippen LogP contribution in [0.5, 0.6) is 0 Å². The minimum absolute atomic E-state index is 0.0100. The third-order valence-electron chi connectivity index (χ3n) is 7.30. The van der Waals surface area contributed by atoms with E-state index in [2.05, 4.69) is 0 Å². The van der Waals surface area contributed by atoms with Gasteiger partial charge < -0.3 is 28.4 Å². The van der Waals surface area contributed by atoms with Gasteiger partial charge in [-0.3, -0.25) is 5.41 Å². The molecule has 4 aromatic rings. The number of nitrogens with one attached hydrogen (secondary N) is 1. The Morgan fingerprint density at radius 3 is 1.40 bits per heavy atom. The fourth-order valence-electron chi connectivity index (χ4n) is 4.94. The lowest BCUT2D eigenvalue weighted by molar-refractivity contribution is -0.305. The summed E-state index contributed by atoms with van der Waals surface area (Å²) in [6, 6.07) is 37.7. The number of benzene rings is 4. The summed E-state index contributed by atoms with van der Waals surface area (Å²) in [7, 11) is 0. The summed E-state index contributed by atoms with van der Waals surface area (Å²) in [5.74, 6) is -1.45. The van der Waals surface area contributed by atoms with Gasteiger partial charge in [0.1, 0.15) is 24.9 Å². The van der Waals surface area contributed by atoms with Gasteiger partial charge in [-0.2, -0.15) is 0 Å². The van der Waals surface area contributed by atoms with Crippen molar-refractivity contribution >= 4 is 46.7 Å². The van der Waals surface area contributed by atoms with E-state index in [4.69, 9.17) is 68.6 Å². The van der Waals surface area contributed by atoms with Crippen LogP contribution in [0.15, 0.2) is 121 Å². The molecule has 246 valence electrons. The number of halogens is 3. The van der Waals surface area contributed by atoms with Gasteiger partial charge in [0, 0.05) is 0 Å². The average molecular weight is 699 g/mol. The average Bonchev–Trinajstić information content (AvgIpc) is 3.09. The van der Waals surface area contributed by atoms with Crippen LogP contribution in [0.4, 0.5) is 0 Å². The largest absolute Gasteiger partial charge is 0.459 e. The Labute approximate surface area is 288 Å². The van der Waals surface area contributed by atoms with Crippen molar-refractivity contribution in [2.24, 2.45) is 0 Å². The van der Waals surface area contributed by atoms with E-state index in [-0.39, 0.29) is 26.4 Å². The number of esters is 1. The third-order valence-corrected chi connectivity index (χ3v) is 7.81. The van der Waals surface area contributed by atoms with Gasteiger partial charge in [-0.25, -0.2) is 4.79 Å². The van der Waals surface area contributed by atoms with Crippen molar-refractivity contribution in [2.75, 3.05) is 0 Å². The van der Waals surface area contributed by atoms with Gasteiger partial charge in [0.05, 0.1) is 19.8 Å². The lowest BCUT2D eigenvalue weighted by Crippen LogP contribution is -2.63. The van der Waals surface area contributed by atoms with Crippen molar-refractivity contribution in [2.45, 2.75) is 60.9 Å². The van der Waals surface area contributed by atoms with Gasteiger partial charge in [0.2, 0.25) is 12.2 Å². The molecule has 0 aliphatic carbocycles. The lowest BCUT2D eigenvalue weighted by atomic mass is 9.97. The first-order valence-electron chi connectivity index (χ1n) is 14.9. The first-order chi connectivity index (χ1) is 22.8. The monoisotopic (exact) mass is 697 g/mol. The molecule has 2 unspecified atom stereocenters. The van der Waals surface area contributed by atoms with Crippen LogP contribution >= 0.6 is 34.8 Å². The van der Waals surface area contributed by atoms with Crippen molar-refractivity contribution in [1.29, 1.82) is 5.41 Å². The Morgan fingerprint density at radius 1 is 0.596 bits per heavy atom. The highest BCUT2D eigenvalue weighted by atomic mass is 35.6. The first kappa shape index (κ1) is 34.9. The summed E-state index contributed by atoms with van der Waals surface area (Å²) in [4.78, 5) is 13.8. The van der Waals surface area contributed by atoms with E-state index in [1.54, 1.807) is 0 Å². The Morgan fingerprint density at radius 2 is 0.979 bits per heavy atom. The summed E-state index contributed by atoms with van der Waals surface area (Å²) < 4.78 is 34.9. The van der Waals surface area contributed by atoms with E-state index in [0.717, 1.165) is 22.3 Å². The van der Waals surface area contributed by atoms with E-state index < -0.39 is 46.4 Å². The second-order valence-corrected chi connectivity index (χ2v) is 13.0. The summed E-state index contributed by atoms with van der Waals surface area (Å²) in [5, 5.41) is 8.33. The molecule has 5 atom stereocenters. The van der Waals surface area contributed by atoms with E-state index >= 15 is 0 Å².